The minimum Gasteiger partial charge on any atom is -0.361 e. The van der Waals surface area contributed by atoms with Crippen LogP contribution in [-0.2, 0) is 6.42 Å². The van der Waals surface area contributed by atoms with Gasteiger partial charge in [-0.3, -0.25) is 23.9 Å². The standard InChI is InChI=1S/C26H18N4O3/c31-24-18-5-1-2-6-19(18)25(32)29(24)14-12-23-28-22-8-4-3-7-20(22)26(33)30(23)17-9-10-21-16(15-17)11-13-27-21/h1-11,13,15,27H,12,14H2. The van der Waals surface area contributed by atoms with E-state index in [0.29, 0.717) is 33.5 Å². The van der Waals surface area contributed by atoms with E-state index in [-0.39, 0.29) is 30.3 Å². The summed E-state index contributed by atoms with van der Waals surface area (Å²) in [6.07, 6.45) is 2.09. The molecule has 3 heterocycles. The molecule has 0 spiro atoms. The van der Waals surface area contributed by atoms with Crippen LogP contribution in [0, 0.1) is 0 Å². The van der Waals surface area contributed by atoms with Crippen molar-refractivity contribution in [1.29, 1.82) is 0 Å². The molecule has 0 bridgehead atoms. The number of hydrogen-bond donors (Lipinski definition) is 1. The minimum atomic E-state index is -0.320. The summed E-state index contributed by atoms with van der Waals surface area (Å²) in [7, 11) is 0. The maximum Gasteiger partial charge on any atom is 0.265 e. The Labute approximate surface area is 187 Å². The van der Waals surface area contributed by atoms with Crippen molar-refractivity contribution in [1.82, 2.24) is 19.4 Å². The van der Waals surface area contributed by atoms with E-state index in [9.17, 15) is 14.4 Å². The highest BCUT2D eigenvalue weighted by atomic mass is 16.2. The van der Waals surface area contributed by atoms with E-state index in [2.05, 4.69) is 4.98 Å². The Morgan fingerprint density at radius 3 is 2.33 bits per heavy atom. The van der Waals surface area contributed by atoms with Crippen molar-refractivity contribution in [2.24, 2.45) is 0 Å². The number of para-hydroxylation sites is 1. The highest BCUT2D eigenvalue weighted by Crippen LogP contribution is 2.23. The zero-order valence-corrected chi connectivity index (χ0v) is 17.5. The second kappa shape index (κ2) is 7.27. The third-order valence-electron chi connectivity index (χ3n) is 6.08. The van der Waals surface area contributed by atoms with Gasteiger partial charge in [-0.25, -0.2) is 4.98 Å². The summed E-state index contributed by atoms with van der Waals surface area (Å²) >= 11 is 0. The average molecular weight is 434 g/mol. The van der Waals surface area contributed by atoms with Crippen molar-refractivity contribution in [3.05, 3.63) is 106 Å². The van der Waals surface area contributed by atoms with Crippen molar-refractivity contribution in [3.8, 4) is 5.69 Å². The first kappa shape index (κ1) is 19.2. The highest BCUT2D eigenvalue weighted by Gasteiger charge is 2.35. The Bertz CT molecular complexity index is 1610. The van der Waals surface area contributed by atoms with Gasteiger partial charge in [0.2, 0.25) is 0 Å². The first-order chi connectivity index (χ1) is 16.1. The molecule has 1 N–H and O–H groups in total. The smallest absolute Gasteiger partial charge is 0.265 e. The summed E-state index contributed by atoms with van der Waals surface area (Å²) < 4.78 is 1.58. The maximum absolute atomic E-state index is 13.5. The van der Waals surface area contributed by atoms with Crippen LogP contribution in [0.15, 0.2) is 83.8 Å². The number of H-pyrrole nitrogens is 1. The molecule has 7 heteroatoms. The van der Waals surface area contributed by atoms with Crippen molar-refractivity contribution in [3.63, 3.8) is 0 Å². The normalized spacial score (nSPS) is 13.3. The second-order valence-corrected chi connectivity index (χ2v) is 7.99. The van der Waals surface area contributed by atoms with E-state index in [0.717, 1.165) is 10.9 Å². The molecule has 0 fully saturated rings. The summed E-state index contributed by atoms with van der Waals surface area (Å²) in [5.41, 5.74) is 2.86. The van der Waals surface area contributed by atoms with Gasteiger partial charge in [-0.05, 0) is 48.5 Å². The molecule has 1 aliphatic rings. The van der Waals surface area contributed by atoms with E-state index in [4.69, 9.17) is 4.98 Å². The van der Waals surface area contributed by atoms with Gasteiger partial charge in [0, 0.05) is 30.1 Å². The number of rotatable bonds is 4. The number of hydrogen-bond acceptors (Lipinski definition) is 4. The molecule has 3 aromatic carbocycles. The largest absolute Gasteiger partial charge is 0.361 e. The Morgan fingerprint density at radius 1 is 0.818 bits per heavy atom. The van der Waals surface area contributed by atoms with Crippen LogP contribution in [0.2, 0.25) is 0 Å². The molecule has 1 aliphatic heterocycles. The lowest BCUT2D eigenvalue weighted by Crippen LogP contribution is -2.33. The molecule has 0 saturated carbocycles. The molecular weight excluding hydrogens is 416 g/mol. The quantitative estimate of drug-likeness (QED) is 0.437. The van der Waals surface area contributed by atoms with E-state index >= 15 is 0 Å². The third-order valence-corrected chi connectivity index (χ3v) is 6.08. The van der Waals surface area contributed by atoms with Gasteiger partial charge in [0.05, 0.1) is 27.7 Å². The second-order valence-electron chi connectivity index (χ2n) is 7.99. The van der Waals surface area contributed by atoms with Gasteiger partial charge >= 0.3 is 0 Å². The molecule has 5 aromatic rings. The summed E-state index contributed by atoms with van der Waals surface area (Å²) in [6, 6.07) is 21.6. The van der Waals surface area contributed by atoms with Gasteiger partial charge < -0.3 is 4.98 Å². The molecule has 6 rings (SSSR count). The number of aromatic nitrogens is 3. The Morgan fingerprint density at radius 2 is 1.55 bits per heavy atom. The zero-order valence-electron chi connectivity index (χ0n) is 17.5. The van der Waals surface area contributed by atoms with Gasteiger partial charge in [0.1, 0.15) is 5.82 Å². The summed E-state index contributed by atoms with van der Waals surface area (Å²) in [6.45, 7) is 0.128. The molecule has 7 nitrogen and oxygen atoms in total. The van der Waals surface area contributed by atoms with Crippen molar-refractivity contribution in [2.45, 2.75) is 6.42 Å². The molecule has 33 heavy (non-hydrogen) atoms. The number of amides is 2. The van der Waals surface area contributed by atoms with Crippen LogP contribution in [0.25, 0.3) is 27.5 Å². The SMILES string of the molecule is O=C1c2ccccc2C(=O)N1CCc1nc2ccccc2c(=O)n1-c1ccc2[nH]ccc2c1. The third kappa shape index (κ3) is 2.97. The van der Waals surface area contributed by atoms with Crippen LogP contribution in [0.5, 0.6) is 0 Å². The molecule has 0 atom stereocenters. The van der Waals surface area contributed by atoms with Gasteiger partial charge in [0.15, 0.2) is 0 Å². The van der Waals surface area contributed by atoms with Crippen LogP contribution < -0.4 is 5.56 Å². The maximum atomic E-state index is 13.5. The lowest BCUT2D eigenvalue weighted by atomic mass is 10.1. The van der Waals surface area contributed by atoms with Gasteiger partial charge in [0.25, 0.3) is 17.4 Å². The zero-order chi connectivity index (χ0) is 22.5. The number of fused-ring (bicyclic) bond motifs is 3. The number of nitrogens with one attached hydrogen (secondary N) is 1. The first-order valence-electron chi connectivity index (χ1n) is 10.7. The topological polar surface area (TPSA) is 88.1 Å². The first-order valence-corrected chi connectivity index (χ1v) is 10.7. The fourth-order valence-corrected chi connectivity index (χ4v) is 4.45. The fourth-order valence-electron chi connectivity index (χ4n) is 4.45. The van der Waals surface area contributed by atoms with Gasteiger partial charge in [-0.2, -0.15) is 0 Å². The predicted molar refractivity (Wildman–Crippen MR) is 125 cm³/mol. The number of nitrogens with zero attached hydrogens (tertiary/aromatic N) is 3. The van der Waals surface area contributed by atoms with Crippen molar-refractivity contribution in [2.75, 3.05) is 6.54 Å². The molecule has 160 valence electrons. The van der Waals surface area contributed by atoms with Crippen LogP contribution in [0.4, 0.5) is 0 Å². The molecular formula is C26H18N4O3. The van der Waals surface area contributed by atoms with Crippen molar-refractivity contribution >= 4 is 33.6 Å². The lowest BCUT2D eigenvalue weighted by Gasteiger charge is -2.17. The monoisotopic (exact) mass is 434 g/mol. The Kier molecular flexibility index (Phi) is 4.23. The van der Waals surface area contributed by atoms with Gasteiger partial charge in [-0.1, -0.05) is 24.3 Å². The van der Waals surface area contributed by atoms with Crippen LogP contribution in [0.3, 0.4) is 0 Å². The number of aromatic amines is 1. The average Bonchev–Trinajstić information content (AvgIpc) is 3.40. The molecule has 0 saturated heterocycles. The Balaban J connectivity index is 1.44. The Hall–Kier alpha value is -4.52. The molecule has 0 radical (unpaired) electrons. The van der Waals surface area contributed by atoms with E-state index in [1.165, 1.54) is 4.90 Å². The van der Waals surface area contributed by atoms with E-state index in [1.807, 2.05) is 42.6 Å². The van der Waals surface area contributed by atoms with Crippen molar-refractivity contribution < 1.29 is 9.59 Å². The van der Waals surface area contributed by atoms with Crippen LogP contribution in [-0.4, -0.2) is 37.8 Å². The number of benzene rings is 3. The van der Waals surface area contributed by atoms with Crippen LogP contribution >= 0.6 is 0 Å². The highest BCUT2D eigenvalue weighted by molar-refractivity contribution is 6.21. The summed E-state index contributed by atoms with van der Waals surface area (Å²) in [5.74, 6) is -0.150. The predicted octanol–water partition coefficient (Wildman–Crippen LogP) is 3.71. The molecule has 0 unspecified atom stereocenters. The summed E-state index contributed by atoms with van der Waals surface area (Å²) in [4.78, 5) is 48.2. The van der Waals surface area contributed by atoms with Crippen LogP contribution in [0.1, 0.15) is 26.5 Å². The van der Waals surface area contributed by atoms with E-state index in [1.54, 1.807) is 41.0 Å². The molecule has 2 aromatic heterocycles. The van der Waals surface area contributed by atoms with Gasteiger partial charge in [-0.15, -0.1) is 0 Å². The number of imide groups is 1. The summed E-state index contributed by atoms with van der Waals surface area (Å²) in [5, 5.41) is 1.48. The molecule has 2 amide bonds. The number of carbonyl (C=O) groups is 2. The minimum absolute atomic E-state index is 0.128. The lowest BCUT2D eigenvalue weighted by molar-refractivity contribution is 0.0655. The fraction of sp³-hybridized carbons (Fsp3) is 0.0769. The number of carbonyl (C=O) groups excluding carboxylic acids is 2. The van der Waals surface area contributed by atoms with E-state index < -0.39 is 0 Å². The molecule has 0 aliphatic carbocycles.